The first kappa shape index (κ1) is 18.9. The molecule has 0 aliphatic carbocycles. The molecule has 1 N–H and O–H groups in total. The number of halogens is 3. The average Bonchev–Trinajstić information content (AvgIpc) is 2.31. The van der Waals surface area contributed by atoms with Crippen molar-refractivity contribution in [2.45, 2.75) is 25.6 Å². The van der Waals surface area contributed by atoms with E-state index in [0.717, 1.165) is 0 Å². The summed E-state index contributed by atoms with van der Waals surface area (Å²) in [5.74, 6) is -0.903. The average molecular weight is 316 g/mol. The smallest absolute Gasteiger partial charge is 0.406 e. The zero-order valence-corrected chi connectivity index (χ0v) is 12.4. The summed E-state index contributed by atoms with van der Waals surface area (Å²) in [5.41, 5.74) is 0. The van der Waals surface area contributed by atoms with Gasteiger partial charge >= 0.3 is 18.2 Å². The molecule has 0 aliphatic heterocycles. The number of carboxylic acids is 1. The number of aliphatic carboxylic acids is 1. The van der Waals surface area contributed by atoms with Gasteiger partial charge < -0.3 is 14.9 Å². The molecule has 5 nitrogen and oxygen atoms in total. The Morgan fingerprint density at radius 1 is 1.35 bits per heavy atom. The van der Waals surface area contributed by atoms with Crippen molar-refractivity contribution in [2.75, 3.05) is 32.1 Å². The first-order valence-electron chi connectivity index (χ1n) is 5.91. The van der Waals surface area contributed by atoms with Crippen LogP contribution in [0, 0.1) is 0 Å². The lowest BCUT2D eigenvalue weighted by atomic mass is 10.2. The summed E-state index contributed by atoms with van der Waals surface area (Å²) < 4.78 is 37.2. The third-order valence-electron chi connectivity index (χ3n) is 2.65. The van der Waals surface area contributed by atoms with Crippen molar-refractivity contribution in [3.8, 4) is 0 Å². The second kappa shape index (κ2) is 8.23. The number of amides is 2. The zero-order valence-electron chi connectivity index (χ0n) is 11.6. The van der Waals surface area contributed by atoms with E-state index in [1.807, 2.05) is 13.2 Å². The molecule has 0 aromatic heterocycles. The molecule has 0 aliphatic rings. The third-order valence-corrected chi connectivity index (χ3v) is 3.36. The maximum atomic E-state index is 12.4. The number of nitrogens with zero attached hydrogens (tertiary/aromatic N) is 2. The van der Waals surface area contributed by atoms with E-state index in [1.54, 1.807) is 0 Å². The van der Waals surface area contributed by atoms with E-state index in [0.29, 0.717) is 17.1 Å². The molecule has 0 fully saturated rings. The molecule has 0 saturated carbocycles. The predicted molar refractivity (Wildman–Crippen MR) is 70.9 cm³/mol. The maximum absolute atomic E-state index is 12.4. The molecule has 0 bridgehead atoms. The standard InChI is InChI=1S/C11H19F3N2O3S/c1-4-8(6-20-3)15(2)10(19)16(5-9(17)18)7-11(12,13)14/h8H,4-7H2,1-3H3,(H,17,18). The van der Waals surface area contributed by atoms with Crippen LogP contribution in [0.25, 0.3) is 0 Å². The minimum absolute atomic E-state index is 0.234. The van der Waals surface area contributed by atoms with Crippen molar-refractivity contribution < 1.29 is 27.9 Å². The first-order valence-corrected chi connectivity index (χ1v) is 7.31. The van der Waals surface area contributed by atoms with Crippen LogP contribution in [0.4, 0.5) is 18.0 Å². The van der Waals surface area contributed by atoms with Crippen LogP contribution in [-0.2, 0) is 4.79 Å². The minimum Gasteiger partial charge on any atom is -0.480 e. The van der Waals surface area contributed by atoms with Gasteiger partial charge in [-0.1, -0.05) is 6.92 Å². The van der Waals surface area contributed by atoms with Gasteiger partial charge in [-0.15, -0.1) is 0 Å². The van der Waals surface area contributed by atoms with Crippen LogP contribution in [0.2, 0.25) is 0 Å². The summed E-state index contributed by atoms with van der Waals surface area (Å²) in [4.78, 5) is 24.1. The second-order valence-corrected chi connectivity index (χ2v) is 5.19. The topological polar surface area (TPSA) is 60.9 Å². The minimum atomic E-state index is -4.63. The summed E-state index contributed by atoms with van der Waals surface area (Å²) in [6, 6.07) is -1.16. The van der Waals surface area contributed by atoms with E-state index in [9.17, 15) is 22.8 Å². The highest BCUT2D eigenvalue weighted by atomic mass is 32.2. The Kier molecular flexibility index (Phi) is 7.77. The lowest BCUT2D eigenvalue weighted by Crippen LogP contribution is -2.51. The fraction of sp³-hybridized carbons (Fsp3) is 0.818. The number of alkyl halides is 3. The van der Waals surface area contributed by atoms with E-state index < -0.39 is 31.3 Å². The van der Waals surface area contributed by atoms with Crippen LogP contribution in [0.3, 0.4) is 0 Å². The Bertz CT molecular complexity index is 339. The van der Waals surface area contributed by atoms with Gasteiger partial charge in [0.1, 0.15) is 13.1 Å². The van der Waals surface area contributed by atoms with Gasteiger partial charge in [-0.25, -0.2) is 4.79 Å². The van der Waals surface area contributed by atoms with Gasteiger partial charge in [0.05, 0.1) is 0 Å². The van der Waals surface area contributed by atoms with Gasteiger partial charge in [-0.3, -0.25) is 4.79 Å². The third kappa shape index (κ3) is 6.88. The Morgan fingerprint density at radius 3 is 2.25 bits per heavy atom. The highest BCUT2D eigenvalue weighted by molar-refractivity contribution is 7.98. The molecule has 0 heterocycles. The van der Waals surface area contributed by atoms with Gasteiger partial charge in [0, 0.05) is 18.8 Å². The molecule has 20 heavy (non-hydrogen) atoms. The molecule has 9 heteroatoms. The van der Waals surface area contributed by atoms with Crippen molar-refractivity contribution in [1.29, 1.82) is 0 Å². The van der Waals surface area contributed by atoms with Crippen molar-refractivity contribution in [3.63, 3.8) is 0 Å². The number of carbonyl (C=O) groups is 2. The van der Waals surface area contributed by atoms with Crippen LogP contribution < -0.4 is 0 Å². The number of thioether (sulfide) groups is 1. The van der Waals surface area contributed by atoms with E-state index in [1.165, 1.54) is 23.7 Å². The van der Waals surface area contributed by atoms with Crippen LogP contribution in [-0.4, -0.2) is 71.3 Å². The largest absolute Gasteiger partial charge is 0.480 e. The Balaban J connectivity index is 4.96. The summed E-state index contributed by atoms with van der Waals surface area (Å²) in [7, 11) is 1.39. The number of urea groups is 1. The molecular weight excluding hydrogens is 297 g/mol. The van der Waals surface area contributed by atoms with Gasteiger partial charge in [0.2, 0.25) is 0 Å². The highest BCUT2D eigenvalue weighted by Crippen LogP contribution is 2.18. The number of carbonyl (C=O) groups excluding carboxylic acids is 1. The van der Waals surface area contributed by atoms with E-state index in [-0.39, 0.29) is 6.04 Å². The monoisotopic (exact) mass is 316 g/mol. The second-order valence-electron chi connectivity index (χ2n) is 4.28. The van der Waals surface area contributed by atoms with Crippen molar-refractivity contribution >= 4 is 23.8 Å². The predicted octanol–water partition coefficient (Wildman–Crippen LogP) is 2.13. The van der Waals surface area contributed by atoms with Crippen LogP contribution in [0.1, 0.15) is 13.3 Å². The lowest BCUT2D eigenvalue weighted by molar-refractivity contribution is -0.149. The molecule has 1 atom stereocenters. The molecular formula is C11H19F3N2O3S. The van der Waals surface area contributed by atoms with Crippen LogP contribution in [0.15, 0.2) is 0 Å². The number of hydrogen-bond acceptors (Lipinski definition) is 3. The van der Waals surface area contributed by atoms with Crippen LogP contribution in [0.5, 0.6) is 0 Å². The van der Waals surface area contributed by atoms with Gasteiger partial charge in [-0.2, -0.15) is 24.9 Å². The van der Waals surface area contributed by atoms with E-state index in [4.69, 9.17) is 5.11 Å². The summed E-state index contributed by atoms with van der Waals surface area (Å²) in [6.45, 7) is -0.730. The Morgan fingerprint density at radius 2 is 1.90 bits per heavy atom. The summed E-state index contributed by atoms with van der Waals surface area (Å²) >= 11 is 1.47. The van der Waals surface area contributed by atoms with E-state index in [2.05, 4.69) is 0 Å². The molecule has 0 spiro atoms. The van der Waals surface area contributed by atoms with Gasteiger partial charge in [0.25, 0.3) is 0 Å². The lowest BCUT2D eigenvalue weighted by Gasteiger charge is -2.32. The van der Waals surface area contributed by atoms with Crippen molar-refractivity contribution in [3.05, 3.63) is 0 Å². The summed E-state index contributed by atoms with van der Waals surface area (Å²) in [6.07, 6.45) is -2.23. The quantitative estimate of drug-likeness (QED) is 0.781. The Labute approximate surface area is 120 Å². The molecule has 2 amide bonds. The number of hydrogen-bond donors (Lipinski definition) is 1. The van der Waals surface area contributed by atoms with E-state index >= 15 is 0 Å². The molecule has 0 saturated heterocycles. The molecule has 0 radical (unpaired) electrons. The Hall–Kier alpha value is -1.12. The fourth-order valence-corrected chi connectivity index (χ4v) is 2.49. The molecule has 118 valence electrons. The molecule has 0 aromatic carbocycles. The SMILES string of the molecule is CCC(CSC)N(C)C(=O)N(CC(=O)O)CC(F)(F)F. The summed E-state index contributed by atoms with van der Waals surface area (Å²) in [5, 5.41) is 8.63. The van der Waals surface area contributed by atoms with Gasteiger partial charge in [0.15, 0.2) is 0 Å². The zero-order chi connectivity index (χ0) is 15.9. The molecule has 1 unspecified atom stereocenters. The normalized spacial score (nSPS) is 12.9. The first-order chi connectivity index (χ1) is 9.12. The number of carboxylic acid groups (broad SMARTS) is 1. The fourth-order valence-electron chi connectivity index (χ4n) is 1.65. The van der Waals surface area contributed by atoms with Crippen molar-refractivity contribution in [1.82, 2.24) is 9.80 Å². The highest BCUT2D eigenvalue weighted by Gasteiger charge is 2.36. The van der Waals surface area contributed by atoms with Crippen molar-refractivity contribution in [2.24, 2.45) is 0 Å². The number of rotatable bonds is 7. The molecule has 0 rings (SSSR count). The maximum Gasteiger partial charge on any atom is 0.406 e. The van der Waals surface area contributed by atoms with Gasteiger partial charge in [-0.05, 0) is 12.7 Å². The molecule has 0 aromatic rings. The van der Waals surface area contributed by atoms with Crippen LogP contribution >= 0.6 is 11.8 Å².